The molecule has 1 aromatic heterocycles. The highest BCUT2D eigenvalue weighted by Gasteiger charge is 2.35. The molecule has 1 N–H and O–H groups in total. The number of hydrogen-bond acceptors (Lipinski definition) is 4. The van der Waals surface area contributed by atoms with Gasteiger partial charge in [0.2, 0.25) is 5.91 Å². The summed E-state index contributed by atoms with van der Waals surface area (Å²) in [7, 11) is 0. The first-order valence-electron chi connectivity index (χ1n) is 8.94. The van der Waals surface area contributed by atoms with E-state index in [4.69, 9.17) is 0 Å². The topological polar surface area (TPSA) is 66.5 Å². The average molecular weight is 390 g/mol. The van der Waals surface area contributed by atoms with E-state index in [1.165, 1.54) is 0 Å². The fraction of sp³-hybridized carbons (Fsp3) is 0.136. The van der Waals surface area contributed by atoms with Crippen molar-refractivity contribution in [2.75, 3.05) is 11.9 Å². The first kappa shape index (κ1) is 18.1. The number of anilines is 1. The van der Waals surface area contributed by atoms with Crippen molar-refractivity contribution in [1.29, 1.82) is 0 Å². The quantitative estimate of drug-likeness (QED) is 0.659. The molecule has 0 bridgehead atoms. The lowest BCUT2D eigenvalue weighted by Crippen LogP contribution is -2.32. The highest BCUT2D eigenvalue weighted by Crippen LogP contribution is 2.31. The van der Waals surface area contributed by atoms with Gasteiger partial charge in [0.1, 0.15) is 0 Å². The molecule has 0 saturated carbocycles. The molecule has 0 unspecified atom stereocenters. The van der Waals surface area contributed by atoms with Gasteiger partial charge >= 0.3 is 0 Å². The van der Waals surface area contributed by atoms with Gasteiger partial charge in [0, 0.05) is 29.1 Å². The summed E-state index contributed by atoms with van der Waals surface area (Å²) in [5, 5.41) is 4.89. The Kier molecular flexibility index (Phi) is 4.79. The van der Waals surface area contributed by atoms with Crippen LogP contribution in [0.4, 0.5) is 5.69 Å². The van der Waals surface area contributed by atoms with Crippen LogP contribution >= 0.6 is 11.3 Å². The zero-order valence-electron chi connectivity index (χ0n) is 15.3. The van der Waals surface area contributed by atoms with Crippen LogP contribution in [0.1, 0.15) is 32.7 Å². The molecule has 6 heteroatoms. The molecule has 3 aromatic rings. The lowest BCUT2D eigenvalue weighted by molar-refractivity contribution is -0.116. The molecular formula is C22H18N2O3S. The van der Waals surface area contributed by atoms with Gasteiger partial charge in [-0.1, -0.05) is 35.9 Å². The van der Waals surface area contributed by atoms with Gasteiger partial charge in [-0.3, -0.25) is 19.3 Å². The predicted molar refractivity (Wildman–Crippen MR) is 110 cm³/mol. The van der Waals surface area contributed by atoms with Crippen LogP contribution in [-0.2, 0) is 4.79 Å². The third-order valence-corrected chi connectivity index (χ3v) is 5.58. The van der Waals surface area contributed by atoms with Gasteiger partial charge in [0.25, 0.3) is 11.8 Å². The Bertz CT molecular complexity index is 1070. The van der Waals surface area contributed by atoms with E-state index in [9.17, 15) is 14.4 Å². The monoisotopic (exact) mass is 390 g/mol. The molecular weight excluding hydrogens is 372 g/mol. The molecule has 0 radical (unpaired) electrons. The molecule has 0 aliphatic carbocycles. The predicted octanol–water partition coefficient (Wildman–Crippen LogP) is 4.35. The van der Waals surface area contributed by atoms with Crippen molar-refractivity contribution in [2.45, 2.75) is 13.3 Å². The van der Waals surface area contributed by atoms with Crippen LogP contribution in [0.3, 0.4) is 0 Å². The molecule has 0 saturated heterocycles. The van der Waals surface area contributed by atoms with Gasteiger partial charge in [-0.2, -0.15) is 0 Å². The summed E-state index contributed by atoms with van der Waals surface area (Å²) < 4.78 is 0. The Balaban J connectivity index is 1.44. The maximum absolute atomic E-state index is 12.5. The number of carbonyl (C=O) groups excluding carboxylic acids is 3. The van der Waals surface area contributed by atoms with Crippen LogP contribution in [0, 0.1) is 6.92 Å². The van der Waals surface area contributed by atoms with Crippen LogP contribution in [0.15, 0.2) is 60.0 Å². The van der Waals surface area contributed by atoms with Gasteiger partial charge in [-0.05, 0) is 36.6 Å². The Morgan fingerprint density at radius 1 is 0.964 bits per heavy atom. The van der Waals surface area contributed by atoms with E-state index in [1.54, 1.807) is 23.5 Å². The Morgan fingerprint density at radius 2 is 1.75 bits per heavy atom. The number of carbonyl (C=O) groups is 3. The van der Waals surface area contributed by atoms with Crippen LogP contribution in [0.25, 0.3) is 10.4 Å². The molecule has 4 rings (SSSR count). The fourth-order valence-corrected chi connectivity index (χ4v) is 4.04. The molecule has 3 amide bonds. The summed E-state index contributed by atoms with van der Waals surface area (Å²) in [4.78, 5) is 39.7. The molecule has 0 atom stereocenters. The first-order valence-corrected chi connectivity index (χ1v) is 9.82. The molecule has 2 aromatic carbocycles. The van der Waals surface area contributed by atoms with Gasteiger partial charge in [-0.25, -0.2) is 0 Å². The molecule has 5 nitrogen and oxygen atoms in total. The number of para-hydroxylation sites is 1. The van der Waals surface area contributed by atoms with Crippen LogP contribution < -0.4 is 5.32 Å². The van der Waals surface area contributed by atoms with Gasteiger partial charge < -0.3 is 5.32 Å². The highest BCUT2D eigenvalue weighted by atomic mass is 32.1. The zero-order valence-corrected chi connectivity index (χ0v) is 16.1. The second-order valence-corrected chi connectivity index (χ2v) is 7.58. The Morgan fingerprint density at radius 3 is 2.54 bits per heavy atom. The van der Waals surface area contributed by atoms with E-state index < -0.39 is 0 Å². The lowest BCUT2D eigenvalue weighted by Gasteiger charge is -2.14. The standard InChI is InChI=1S/C22H18N2O3S/c1-14-8-9-15-17(13-14)22(27)24(21(15)26)11-10-20(25)23-18-6-3-2-5-16(18)19-7-4-12-28-19/h2-9,12-13H,10-11H2,1H3,(H,23,25). The normalized spacial score (nSPS) is 13.0. The van der Waals surface area contributed by atoms with E-state index in [-0.39, 0.29) is 30.7 Å². The number of nitrogens with one attached hydrogen (secondary N) is 1. The number of imide groups is 1. The van der Waals surface area contributed by atoms with E-state index in [1.807, 2.05) is 54.8 Å². The molecule has 2 heterocycles. The third kappa shape index (κ3) is 3.34. The molecule has 0 fully saturated rings. The summed E-state index contributed by atoms with van der Waals surface area (Å²) in [6.07, 6.45) is 0.0449. The van der Waals surface area contributed by atoms with Crippen molar-refractivity contribution < 1.29 is 14.4 Å². The van der Waals surface area contributed by atoms with Crippen LogP contribution in [0.2, 0.25) is 0 Å². The van der Waals surface area contributed by atoms with E-state index >= 15 is 0 Å². The van der Waals surface area contributed by atoms with Gasteiger partial charge in [-0.15, -0.1) is 11.3 Å². The highest BCUT2D eigenvalue weighted by molar-refractivity contribution is 7.13. The van der Waals surface area contributed by atoms with Crippen LogP contribution in [-0.4, -0.2) is 29.2 Å². The third-order valence-electron chi connectivity index (χ3n) is 4.68. The second kappa shape index (κ2) is 7.40. The minimum absolute atomic E-state index is 0.0449. The molecule has 0 spiro atoms. The van der Waals surface area contributed by atoms with Crippen molar-refractivity contribution >= 4 is 34.7 Å². The summed E-state index contributed by atoms with van der Waals surface area (Å²) >= 11 is 1.60. The van der Waals surface area contributed by atoms with Crippen molar-refractivity contribution in [3.8, 4) is 10.4 Å². The SMILES string of the molecule is Cc1ccc2c(c1)C(=O)N(CCC(=O)Nc1ccccc1-c1cccs1)C2=O. The van der Waals surface area contributed by atoms with Gasteiger partial charge in [0.15, 0.2) is 0 Å². The number of rotatable bonds is 5. The second-order valence-electron chi connectivity index (χ2n) is 6.63. The van der Waals surface area contributed by atoms with Crippen molar-refractivity contribution in [3.63, 3.8) is 0 Å². The summed E-state index contributed by atoms with van der Waals surface area (Å²) in [6.45, 7) is 1.93. The number of thiophene rings is 1. The van der Waals surface area contributed by atoms with Crippen molar-refractivity contribution in [2.24, 2.45) is 0 Å². The molecule has 1 aliphatic heterocycles. The maximum atomic E-state index is 12.5. The molecule has 140 valence electrons. The molecule has 28 heavy (non-hydrogen) atoms. The van der Waals surface area contributed by atoms with Crippen molar-refractivity contribution in [1.82, 2.24) is 4.90 Å². The van der Waals surface area contributed by atoms with E-state index in [0.717, 1.165) is 20.9 Å². The summed E-state index contributed by atoms with van der Waals surface area (Å²) in [5.41, 5.74) is 3.40. The van der Waals surface area contributed by atoms with Gasteiger partial charge in [0.05, 0.1) is 11.1 Å². The Labute approximate surface area is 166 Å². The number of nitrogens with zero attached hydrogens (tertiary/aromatic N) is 1. The number of hydrogen-bond donors (Lipinski definition) is 1. The smallest absolute Gasteiger partial charge is 0.261 e. The average Bonchev–Trinajstić information content (AvgIpc) is 3.29. The summed E-state index contributed by atoms with van der Waals surface area (Å²) in [5.74, 6) is -0.918. The zero-order chi connectivity index (χ0) is 19.7. The first-order chi connectivity index (χ1) is 13.5. The number of benzene rings is 2. The van der Waals surface area contributed by atoms with Crippen molar-refractivity contribution in [3.05, 3.63) is 76.7 Å². The van der Waals surface area contributed by atoms with Crippen LogP contribution in [0.5, 0.6) is 0 Å². The molecule has 1 aliphatic rings. The van der Waals surface area contributed by atoms with E-state index in [0.29, 0.717) is 16.8 Å². The fourth-order valence-electron chi connectivity index (χ4n) is 3.27. The minimum atomic E-state index is -0.341. The Hall–Kier alpha value is -3.25. The summed E-state index contributed by atoms with van der Waals surface area (Å²) in [6, 6.07) is 16.7. The number of aryl methyl sites for hydroxylation is 1. The largest absolute Gasteiger partial charge is 0.325 e. The number of amides is 3. The minimum Gasteiger partial charge on any atom is -0.325 e. The number of fused-ring (bicyclic) bond motifs is 1. The lowest BCUT2D eigenvalue weighted by atomic mass is 10.1. The van der Waals surface area contributed by atoms with E-state index in [2.05, 4.69) is 5.32 Å². The maximum Gasteiger partial charge on any atom is 0.261 e.